The van der Waals surface area contributed by atoms with Gasteiger partial charge < -0.3 is 9.47 Å². The molecule has 0 spiro atoms. The van der Waals surface area contributed by atoms with E-state index in [0.29, 0.717) is 0 Å². The number of aryl methyl sites for hydroxylation is 1. The van der Waals surface area contributed by atoms with Gasteiger partial charge in [0.25, 0.3) is 0 Å². The van der Waals surface area contributed by atoms with Crippen LogP contribution in [0.5, 0.6) is 11.5 Å². The van der Waals surface area contributed by atoms with Gasteiger partial charge in [0.15, 0.2) is 11.5 Å². The Morgan fingerprint density at radius 2 is 1.71 bits per heavy atom. The molecule has 4 heteroatoms. The van der Waals surface area contributed by atoms with Gasteiger partial charge in [-0.05, 0) is 42.7 Å². The van der Waals surface area contributed by atoms with Crippen molar-refractivity contribution in [3.8, 4) is 11.5 Å². The summed E-state index contributed by atoms with van der Waals surface area (Å²) in [6, 6.07) is 12.4. The van der Waals surface area contributed by atoms with Crippen molar-refractivity contribution in [2.75, 3.05) is 14.2 Å². The van der Waals surface area contributed by atoms with Crippen LogP contribution < -0.4 is 9.47 Å². The average molecular weight is 414 g/mol. The standard InChI is InChI=1S/C17H18Br2O2/c1-11-4-6-14(18)13(8-11)15(19)9-12-5-7-16(20-2)17(10-12)21-3/h4-8,10,15H,9H2,1-3H3. The number of rotatable bonds is 5. The number of hydrogen-bond acceptors (Lipinski definition) is 2. The highest BCUT2D eigenvalue weighted by Crippen LogP contribution is 2.35. The van der Waals surface area contributed by atoms with Crippen LogP contribution in [0.4, 0.5) is 0 Å². The second kappa shape index (κ2) is 7.32. The van der Waals surface area contributed by atoms with E-state index in [9.17, 15) is 0 Å². The molecule has 0 aliphatic rings. The number of alkyl halides is 1. The maximum atomic E-state index is 5.36. The van der Waals surface area contributed by atoms with Gasteiger partial charge in [0.05, 0.1) is 14.2 Å². The van der Waals surface area contributed by atoms with Crippen LogP contribution in [0.25, 0.3) is 0 Å². The molecule has 1 atom stereocenters. The zero-order valence-electron chi connectivity index (χ0n) is 12.3. The second-order valence-electron chi connectivity index (χ2n) is 4.89. The Bertz CT molecular complexity index is 626. The molecule has 2 rings (SSSR count). The van der Waals surface area contributed by atoms with Crippen molar-refractivity contribution in [1.82, 2.24) is 0 Å². The maximum Gasteiger partial charge on any atom is 0.160 e. The van der Waals surface area contributed by atoms with Crippen LogP contribution in [-0.2, 0) is 6.42 Å². The van der Waals surface area contributed by atoms with Crippen molar-refractivity contribution in [2.24, 2.45) is 0 Å². The van der Waals surface area contributed by atoms with Crippen LogP contribution in [0.2, 0.25) is 0 Å². The molecule has 1 unspecified atom stereocenters. The first-order valence-corrected chi connectivity index (χ1v) is 8.37. The van der Waals surface area contributed by atoms with Gasteiger partial charge in [-0.15, -0.1) is 0 Å². The highest BCUT2D eigenvalue weighted by molar-refractivity contribution is 9.11. The molecule has 0 heterocycles. The van der Waals surface area contributed by atoms with E-state index in [0.717, 1.165) is 22.4 Å². The Labute approximate surface area is 142 Å². The van der Waals surface area contributed by atoms with Crippen LogP contribution >= 0.6 is 31.9 Å². The molecule has 112 valence electrons. The lowest BCUT2D eigenvalue weighted by atomic mass is 10.0. The molecule has 0 aliphatic carbocycles. The van der Waals surface area contributed by atoms with Crippen LogP contribution in [0, 0.1) is 6.92 Å². The molecule has 0 N–H and O–H groups in total. The number of hydrogen-bond donors (Lipinski definition) is 0. The van der Waals surface area contributed by atoms with Crippen molar-refractivity contribution in [3.05, 3.63) is 57.6 Å². The quantitative estimate of drug-likeness (QED) is 0.606. The summed E-state index contributed by atoms with van der Waals surface area (Å²) in [6.45, 7) is 2.10. The van der Waals surface area contributed by atoms with E-state index in [-0.39, 0.29) is 4.83 Å². The molecular formula is C17H18Br2O2. The van der Waals surface area contributed by atoms with Crippen molar-refractivity contribution in [2.45, 2.75) is 18.2 Å². The molecule has 21 heavy (non-hydrogen) atoms. The zero-order valence-corrected chi connectivity index (χ0v) is 15.5. The van der Waals surface area contributed by atoms with E-state index in [1.54, 1.807) is 14.2 Å². The lowest BCUT2D eigenvalue weighted by molar-refractivity contribution is 0.354. The lowest BCUT2D eigenvalue weighted by Gasteiger charge is -2.15. The third-order valence-corrected chi connectivity index (χ3v) is 4.89. The fourth-order valence-electron chi connectivity index (χ4n) is 2.23. The first-order valence-electron chi connectivity index (χ1n) is 6.66. The number of methoxy groups -OCH3 is 2. The highest BCUT2D eigenvalue weighted by Gasteiger charge is 2.14. The Balaban J connectivity index is 2.23. The number of halogens is 2. The first kappa shape index (κ1) is 16.4. The predicted molar refractivity (Wildman–Crippen MR) is 93.8 cm³/mol. The molecule has 0 saturated heterocycles. The van der Waals surface area contributed by atoms with Gasteiger partial charge in [-0.25, -0.2) is 0 Å². The minimum absolute atomic E-state index is 0.241. The van der Waals surface area contributed by atoms with Crippen molar-refractivity contribution in [3.63, 3.8) is 0 Å². The normalized spacial score (nSPS) is 12.0. The molecule has 0 fully saturated rings. The molecule has 0 aliphatic heterocycles. The minimum atomic E-state index is 0.241. The smallest absolute Gasteiger partial charge is 0.160 e. The van der Waals surface area contributed by atoms with E-state index in [1.807, 2.05) is 12.1 Å². The molecule has 0 saturated carbocycles. The Hall–Kier alpha value is -1.00. The summed E-state index contributed by atoms with van der Waals surface area (Å²) in [7, 11) is 3.30. The van der Waals surface area contributed by atoms with Crippen LogP contribution in [0.1, 0.15) is 21.5 Å². The summed E-state index contributed by atoms with van der Waals surface area (Å²) < 4.78 is 11.7. The Morgan fingerprint density at radius 3 is 2.38 bits per heavy atom. The van der Waals surface area contributed by atoms with Gasteiger partial charge in [0, 0.05) is 9.30 Å². The molecule has 2 aromatic carbocycles. The summed E-state index contributed by atoms with van der Waals surface area (Å²) in [6.07, 6.45) is 0.877. The SMILES string of the molecule is COc1ccc(CC(Br)c2cc(C)ccc2Br)cc1OC. The van der Waals surface area contributed by atoms with Gasteiger partial charge in [-0.3, -0.25) is 0 Å². The summed E-state index contributed by atoms with van der Waals surface area (Å²) in [5, 5.41) is 0. The third-order valence-electron chi connectivity index (χ3n) is 3.35. The fourth-order valence-corrected chi connectivity index (χ4v) is 3.81. The van der Waals surface area contributed by atoms with Gasteiger partial charge >= 0.3 is 0 Å². The molecule has 2 nitrogen and oxygen atoms in total. The summed E-state index contributed by atoms with van der Waals surface area (Å²) >= 11 is 7.41. The van der Waals surface area contributed by atoms with Crippen LogP contribution in [0.15, 0.2) is 40.9 Å². The van der Waals surface area contributed by atoms with Crippen molar-refractivity contribution in [1.29, 1.82) is 0 Å². The molecular weight excluding hydrogens is 396 g/mol. The lowest BCUT2D eigenvalue weighted by Crippen LogP contribution is -1.99. The van der Waals surface area contributed by atoms with Gasteiger partial charge in [-0.2, -0.15) is 0 Å². The topological polar surface area (TPSA) is 18.5 Å². The second-order valence-corrected chi connectivity index (χ2v) is 6.85. The third kappa shape index (κ3) is 4.01. The van der Waals surface area contributed by atoms with E-state index in [2.05, 4.69) is 63.0 Å². The summed E-state index contributed by atoms with van der Waals surface area (Å²) in [5.74, 6) is 1.52. The summed E-state index contributed by atoms with van der Waals surface area (Å²) in [4.78, 5) is 0.241. The molecule has 2 aromatic rings. The largest absolute Gasteiger partial charge is 0.493 e. The minimum Gasteiger partial charge on any atom is -0.493 e. The van der Waals surface area contributed by atoms with E-state index in [1.165, 1.54) is 16.7 Å². The van der Waals surface area contributed by atoms with Crippen molar-refractivity contribution < 1.29 is 9.47 Å². The van der Waals surface area contributed by atoms with E-state index in [4.69, 9.17) is 9.47 Å². The van der Waals surface area contributed by atoms with Crippen LogP contribution in [-0.4, -0.2) is 14.2 Å². The average Bonchev–Trinajstić information content (AvgIpc) is 2.49. The molecule has 0 aromatic heterocycles. The first-order chi connectivity index (χ1) is 10.0. The monoisotopic (exact) mass is 412 g/mol. The van der Waals surface area contributed by atoms with E-state index >= 15 is 0 Å². The van der Waals surface area contributed by atoms with Gasteiger partial charge in [0.2, 0.25) is 0 Å². The molecule has 0 radical (unpaired) electrons. The molecule has 0 amide bonds. The van der Waals surface area contributed by atoms with Gasteiger partial charge in [0.1, 0.15) is 0 Å². The maximum absolute atomic E-state index is 5.36. The van der Waals surface area contributed by atoms with Gasteiger partial charge in [-0.1, -0.05) is 55.6 Å². The number of benzene rings is 2. The summed E-state index contributed by atoms with van der Waals surface area (Å²) in [5.41, 5.74) is 3.71. The Kier molecular flexibility index (Phi) is 5.71. The van der Waals surface area contributed by atoms with Crippen LogP contribution in [0.3, 0.4) is 0 Å². The Morgan fingerprint density at radius 1 is 1.00 bits per heavy atom. The number of ether oxygens (including phenoxy) is 2. The molecule has 0 bridgehead atoms. The predicted octanol–water partition coefficient (Wildman–Crippen LogP) is 5.45. The fraction of sp³-hybridized carbons (Fsp3) is 0.294. The zero-order chi connectivity index (χ0) is 15.4. The van der Waals surface area contributed by atoms with E-state index < -0.39 is 0 Å². The van der Waals surface area contributed by atoms with Crippen molar-refractivity contribution >= 4 is 31.9 Å². The highest BCUT2D eigenvalue weighted by atomic mass is 79.9.